The van der Waals surface area contributed by atoms with Gasteiger partial charge >= 0.3 is 0 Å². The maximum Gasteiger partial charge on any atom is 0.220 e. The quantitative estimate of drug-likeness (QED) is 0.692. The van der Waals surface area contributed by atoms with Crippen molar-refractivity contribution in [2.75, 3.05) is 6.61 Å². The van der Waals surface area contributed by atoms with E-state index in [0.29, 0.717) is 18.8 Å². The largest absolute Gasteiger partial charge is 0.374 e. The summed E-state index contributed by atoms with van der Waals surface area (Å²) in [6, 6.07) is 17.3. The van der Waals surface area contributed by atoms with Crippen LogP contribution in [0.15, 0.2) is 54.6 Å². The van der Waals surface area contributed by atoms with Crippen molar-refractivity contribution in [1.29, 1.82) is 0 Å². The highest BCUT2D eigenvalue weighted by Gasteiger charge is 2.21. The number of ether oxygens (including phenoxy) is 1. The van der Waals surface area contributed by atoms with Gasteiger partial charge in [0.05, 0.1) is 18.8 Å². The maximum atomic E-state index is 12.2. The molecule has 4 nitrogen and oxygen atoms in total. The molecule has 138 valence electrons. The zero-order chi connectivity index (χ0) is 19.0. The van der Waals surface area contributed by atoms with Crippen LogP contribution in [0.4, 0.5) is 0 Å². The number of ketones is 1. The Kier molecular flexibility index (Phi) is 7.10. The molecule has 4 heteroatoms. The monoisotopic (exact) mass is 353 g/mol. The minimum Gasteiger partial charge on any atom is -0.374 e. The van der Waals surface area contributed by atoms with Crippen LogP contribution in [0.5, 0.6) is 0 Å². The average molecular weight is 353 g/mol. The van der Waals surface area contributed by atoms with E-state index in [4.69, 9.17) is 4.74 Å². The number of carbonyl (C=O) groups is 2. The normalized spacial score (nSPS) is 11.2. The molecule has 0 radical (unpaired) electrons. The lowest BCUT2D eigenvalue weighted by Crippen LogP contribution is -2.47. The molecule has 0 aromatic heterocycles. The molecule has 0 aliphatic heterocycles. The van der Waals surface area contributed by atoms with E-state index < -0.39 is 5.54 Å². The van der Waals surface area contributed by atoms with Gasteiger partial charge in [-0.25, -0.2) is 0 Å². The molecule has 1 amide bonds. The summed E-state index contributed by atoms with van der Waals surface area (Å²) in [6.45, 7) is 6.71. The van der Waals surface area contributed by atoms with Crippen LogP contribution in [0.1, 0.15) is 48.2 Å². The Labute approximate surface area is 155 Å². The number of amides is 1. The molecule has 0 heterocycles. The van der Waals surface area contributed by atoms with Crippen LogP contribution in [0, 0.1) is 6.92 Å². The second kappa shape index (κ2) is 9.30. The average Bonchev–Trinajstić information content (AvgIpc) is 2.60. The molecule has 0 aliphatic carbocycles. The number of hydrogen-bond acceptors (Lipinski definition) is 3. The Balaban J connectivity index is 1.73. The molecule has 2 aromatic rings. The fraction of sp³-hybridized carbons (Fsp3) is 0.364. The third-order valence-electron chi connectivity index (χ3n) is 4.00. The smallest absolute Gasteiger partial charge is 0.220 e. The lowest BCUT2D eigenvalue weighted by molar-refractivity contribution is -0.123. The minimum absolute atomic E-state index is 0.0155. The van der Waals surface area contributed by atoms with Gasteiger partial charge in [0.2, 0.25) is 5.91 Å². The maximum absolute atomic E-state index is 12.2. The molecule has 1 N–H and O–H groups in total. The number of hydrogen-bond donors (Lipinski definition) is 1. The SMILES string of the molecule is Cc1ccc(C(=O)CCC(=O)NC(C)(C)COCc2ccccc2)cc1. The van der Waals surface area contributed by atoms with E-state index in [0.717, 1.165) is 11.1 Å². The molecule has 0 saturated carbocycles. The van der Waals surface area contributed by atoms with Gasteiger partial charge in [0, 0.05) is 18.4 Å². The zero-order valence-corrected chi connectivity index (χ0v) is 15.7. The minimum atomic E-state index is -0.487. The number of rotatable bonds is 9. The molecule has 0 aliphatic rings. The summed E-state index contributed by atoms with van der Waals surface area (Å²) >= 11 is 0. The Hall–Kier alpha value is -2.46. The number of Topliss-reactive ketones (excluding diaryl/α,β-unsaturated/α-hetero) is 1. The fourth-order valence-electron chi connectivity index (χ4n) is 2.59. The van der Waals surface area contributed by atoms with Gasteiger partial charge in [-0.05, 0) is 26.3 Å². The summed E-state index contributed by atoms with van der Waals surface area (Å²) in [5.74, 6) is -0.156. The summed E-state index contributed by atoms with van der Waals surface area (Å²) in [5, 5.41) is 2.94. The Morgan fingerprint density at radius 2 is 1.62 bits per heavy atom. The van der Waals surface area contributed by atoms with Crippen molar-refractivity contribution in [3.8, 4) is 0 Å². The predicted molar refractivity (Wildman–Crippen MR) is 103 cm³/mol. The van der Waals surface area contributed by atoms with Crippen molar-refractivity contribution in [2.45, 2.75) is 45.8 Å². The summed E-state index contributed by atoms with van der Waals surface area (Å²) < 4.78 is 5.71. The summed E-state index contributed by atoms with van der Waals surface area (Å²) in [7, 11) is 0. The van der Waals surface area contributed by atoms with E-state index in [-0.39, 0.29) is 24.5 Å². The van der Waals surface area contributed by atoms with Gasteiger partial charge in [0.25, 0.3) is 0 Å². The van der Waals surface area contributed by atoms with E-state index in [1.807, 2.05) is 63.2 Å². The first-order valence-electron chi connectivity index (χ1n) is 8.88. The van der Waals surface area contributed by atoms with Gasteiger partial charge in [-0.3, -0.25) is 9.59 Å². The van der Waals surface area contributed by atoms with Crippen molar-refractivity contribution >= 4 is 11.7 Å². The Morgan fingerprint density at radius 1 is 0.962 bits per heavy atom. The van der Waals surface area contributed by atoms with Gasteiger partial charge in [-0.15, -0.1) is 0 Å². The summed E-state index contributed by atoms with van der Waals surface area (Å²) in [4.78, 5) is 24.3. The molecule has 0 saturated heterocycles. The predicted octanol–water partition coefficient (Wildman–Crippen LogP) is 4.07. The highest BCUT2D eigenvalue weighted by atomic mass is 16.5. The fourth-order valence-corrected chi connectivity index (χ4v) is 2.59. The van der Waals surface area contributed by atoms with Crippen LogP contribution >= 0.6 is 0 Å². The van der Waals surface area contributed by atoms with E-state index >= 15 is 0 Å². The number of carbonyl (C=O) groups excluding carboxylic acids is 2. The first-order chi connectivity index (χ1) is 12.4. The molecule has 0 unspecified atom stereocenters. The Morgan fingerprint density at radius 3 is 2.27 bits per heavy atom. The molecule has 0 bridgehead atoms. The molecule has 2 aromatic carbocycles. The van der Waals surface area contributed by atoms with E-state index in [9.17, 15) is 9.59 Å². The van der Waals surface area contributed by atoms with Crippen LogP contribution in [0.25, 0.3) is 0 Å². The third-order valence-corrected chi connectivity index (χ3v) is 4.00. The van der Waals surface area contributed by atoms with Gasteiger partial charge in [-0.2, -0.15) is 0 Å². The van der Waals surface area contributed by atoms with E-state index in [2.05, 4.69) is 5.32 Å². The first-order valence-corrected chi connectivity index (χ1v) is 8.88. The molecular formula is C22H27NO3. The molecule has 0 atom stereocenters. The van der Waals surface area contributed by atoms with Crippen molar-refractivity contribution in [3.05, 3.63) is 71.3 Å². The Bertz CT molecular complexity index is 721. The number of aryl methyl sites for hydroxylation is 1. The number of nitrogens with one attached hydrogen (secondary N) is 1. The van der Waals surface area contributed by atoms with E-state index in [1.165, 1.54) is 0 Å². The van der Waals surface area contributed by atoms with Crippen molar-refractivity contribution in [1.82, 2.24) is 5.32 Å². The van der Waals surface area contributed by atoms with Gasteiger partial charge < -0.3 is 10.1 Å². The second-order valence-electron chi connectivity index (χ2n) is 7.20. The van der Waals surface area contributed by atoms with Crippen LogP contribution < -0.4 is 5.32 Å². The standard InChI is InChI=1S/C22H27NO3/c1-17-9-11-19(12-10-17)20(24)13-14-21(25)23-22(2,3)16-26-15-18-7-5-4-6-8-18/h4-12H,13-16H2,1-3H3,(H,23,25). The van der Waals surface area contributed by atoms with Crippen molar-refractivity contribution < 1.29 is 14.3 Å². The third kappa shape index (κ3) is 6.81. The van der Waals surface area contributed by atoms with Crippen LogP contribution in [0.2, 0.25) is 0 Å². The zero-order valence-electron chi connectivity index (χ0n) is 15.7. The lowest BCUT2D eigenvalue weighted by atomic mass is 10.0. The topological polar surface area (TPSA) is 55.4 Å². The molecule has 0 fully saturated rings. The molecule has 26 heavy (non-hydrogen) atoms. The van der Waals surface area contributed by atoms with Gasteiger partial charge in [-0.1, -0.05) is 60.2 Å². The van der Waals surface area contributed by atoms with E-state index in [1.54, 1.807) is 12.1 Å². The summed E-state index contributed by atoms with van der Waals surface area (Å²) in [5.41, 5.74) is 2.36. The highest BCUT2D eigenvalue weighted by Crippen LogP contribution is 2.10. The molecule has 0 spiro atoms. The highest BCUT2D eigenvalue weighted by molar-refractivity contribution is 5.98. The van der Waals surface area contributed by atoms with Crippen molar-refractivity contribution in [3.63, 3.8) is 0 Å². The second-order valence-corrected chi connectivity index (χ2v) is 7.20. The van der Waals surface area contributed by atoms with Crippen LogP contribution in [-0.4, -0.2) is 23.8 Å². The summed E-state index contributed by atoms with van der Waals surface area (Å²) in [6.07, 6.45) is 0.380. The van der Waals surface area contributed by atoms with Gasteiger partial charge in [0.1, 0.15) is 0 Å². The molecule has 2 rings (SSSR count). The van der Waals surface area contributed by atoms with Gasteiger partial charge in [0.15, 0.2) is 5.78 Å². The first kappa shape index (κ1) is 19.9. The van der Waals surface area contributed by atoms with Crippen molar-refractivity contribution in [2.24, 2.45) is 0 Å². The van der Waals surface area contributed by atoms with Crippen LogP contribution in [-0.2, 0) is 16.1 Å². The van der Waals surface area contributed by atoms with Crippen LogP contribution in [0.3, 0.4) is 0 Å². The number of benzene rings is 2. The lowest BCUT2D eigenvalue weighted by Gasteiger charge is -2.26. The molecular weight excluding hydrogens is 326 g/mol.